The smallest absolute Gasteiger partial charge is 0.246 e. The third-order valence-corrected chi connectivity index (χ3v) is 15.2. The topological polar surface area (TPSA) is 194 Å². The van der Waals surface area contributed by atoms with Crippen molar-refractivity contribution in [3.8, 4) is 10.4 Å². The van der Waals surface area contributed by atoms with Gasteiger partial charge in [-0.2, -0.15) is 4.98 Å². The second kappa shape index (κ2) is 22.5. The van der Waals surface area contributed by atoms with Crippen LogP contribution in [0, 0.1) is 18.3 Å². The first-order valence-electron chi connectivity index (χ1n) is 25.3. The Bertz CT molecular complexity index is 2430. The van der Waals surface area contributed by atoms with Crippen molar-refractivity contribution in [2.24, 2.45) is 11.3 Å². The lowest BCUT2D eigenvalue weighted by Crippen LogP contribution is -2.57. The summed E-state index contributed by atoms with van der Waals surface area (Å²) in [5, 5.41) is 26.8. The number of carbonyl (C=O) groups excluding carboxylic acids is 4. The number of likely N-dealkylation sites (tertiary alicyclic amines) is 1. The first-order valence-corrected chi connectivity index (χ1v) is 26.2. The first-order chi connectivity index (χ1) is 33.2. The molecule has 3 fully saturated rings. The molecule has 69 heavy (non-hydrogen) atoms. The Labute approximate surface area is 411 Å². The second-order valence-corrected chi connectivity index (χ2v) is 21.7. The molecule has 2 aliphatic carbocycles. The number of amides is 4. The van der Waals surface area contributed by atoms with E-state index in [1.807, 2.05) is 70.6 Å². The number of hydrogen-bond acceptors (Lipinski definition) is 12. The van der Waals surface area contributed by atoms with Crippen molar-refractivity contribution in [3.05, 3.63) is 82.1 Å². The van der Waals surface area contributed by atoms with Gasteiger partial charge in [0.1, 0.15) is 17.9 Å². The van der Waals surface area contributed by atoms with Crippen LogP contribution in [0.25, 0.3) is 10.4 Å². The van der Waals surface area contributed by atoms with Crippen LogP contribution in [-0.2, 0) is 32.1 Å². The van der Waals surface area contributed by atoms with Gasteiger partial charge in [-0.1, -0.05) is 63.9 Å². The molecular weight excluding hydrogens is 889 g/mol. The van der Waals surface area contributed by atoms with Gasteiger partial charge in [-0.05, 0) is 117 Å². The van der Waals surface area contributed by atoms with E-state index in [0.717, 1.165) is 117 Å². The Hall–Kier alpha value is -5.45. The van der Waals surface area contributed by atoms with E-state index in [1.165, 1.54) is 21.6 Å². The zero-order chi connectivity index (χ0) is 48.7. The van der Waals surface area contributed by atoms with Gasteiger partial charge in [0.05, 0.1) is 28.2 Å². The molecule has 4 aliphatic rings. The highest BCUT2D eigenvalue weighted by molar-refractivity contribution is 7.13. The molecule has 4 aromatic rings. The van der Waals surface area contributed by atoms with Crippen molar-refractivity contribution < 1.29 is 24.3 Å². The Morgan fingerprint density at radius 1 is 0.913 bits per heavy atom. The number of rotatable bonds is 21. The number of β-amino-alcohol motifs (C(OH)–C–C–N with tert-alkyl or cyclic N) is 1. The number of hydrogen-bond donors (Lipinski definition) is 6. The summed E-state index contributed by atoms with van der Waals surface area (Å²) in [6.45, 7) is 13.8. The molecule has 2 aromatic heterocycles. The molecule has 2 aliphatic heterocycles. The number of aliphatic hydroxyl groups excluding tert-OH is 1. The minimum Gasteiger partial charge on any atom is -0.391 e. The molecule has 15 nitrogen and oxygen atoms in total. The van der Waals surface area contributed by atoms with Crippen LogP contribution in [0.4, 0.5) is 17.5 Å². The maximum absolute atomic E-state index is 14.2. The Balaban J connectivity index is 0.759. The largest absolute Gasteiger partial charge is 0.391 e. The monoisotopic (exact) mass is 961 g/mol. The van der Waals surface area contributed by atoms with Gasteiger partial charge in [0.2, 0.25) is 29.6 Å². The van der Waals surface area contributed by atoms with E-state index in [2.05, 4.69) is 59.7 Å². The molecule has 4 amide bonds. The lowest BCUT2D eigenvalue weighted by atomic mass is 9.85. The van der Waals surface area contributed by atoms with Crippen molar-refractivity contribution in [2.75, 3.05) is 43.4 Å². The SMILES string of the molecule is Cc1ncsc1-c1ccc([C@H](C)NC(=O)[C@@H]2C[C@@H](O)CN2C(=O)[C@@H](NC(=O)CCCCCN2CCc3cc(Nc4ncc(C5CC5)c(NCCCNC(=O)C5CCC5)n4)ccc3C2)C(C)(C)C)cc1. The Morgan fingerprint density at radius 3 is 2.42 bits per heavy atom. The van der Waals surface area contributed by atoms with E-state index in [4.69, 9.17) is 4.98 Å². The molecule has 370 valence electrons. The lowest BCUT2D eigenvalue weighted by molar-refractivity contribution is -0.144. The number of aromatic nitrogens is 3. The van der Waals surface area contributed by atoms with E-state index in [9.17, 15) is 24.3 Å². The van der Waals surface area contributed by atoms with Crippen LogP contribution in [-0.4, -0.2) is 104 Å². The molecule has 0 unspecified atom stereocenters. The van der Waals surface area contributed by atoms with Gasteiger partial charge in [-0.15, -0.1) is 11.3 Å². The maximum Gasteiger partial charge on any atom is 0.246 e. The van der Waals surface area contributed by atoms with Crippen LogP contribution < -0.4 is 26.6 Å². The van der Waals surface area contributed by atoms with Gasteiger partial charge in [-0.3, -0.25) is 24.1 Å². The molecule has 6 N–H and O–H groups in total. The fraction of sp³-hybridized carbons (Fsp3) is 0.566. The molecule has 0 radical (unpaired) electrons. The summed E-state index contributed by atoms with van der Waals surface area (Å²) >= 11 is 1.59. The number of nitrogens with zero attached hydrogens (tertiary/aromatic N) is 5. The summed E-state index contributed by atoms with van der Waals surface area (Å²) < 4.78 is 0. The minimum absolute atomic E-state index is 0.0312. The fourth-order valence-electron chi connectivity index (χ4n) is 9.66. The zero-order valence-corrected chi connectivity index (χ0v) is 41.9. The molecule has 2 aromatic carbocycles. The average Bonchev–Trinajstić information content (AvgIpc) is 3.93. The lowest BCUT2D eigenvalue weighted by Gasteiger charge is -2.35. The van der Waals surface area contributed by atoms with Gasteiger partial charge in [0, 0.05) is 68.9 Å². The summed E-state index contributed by atoms with van der Waals surface area (Å²) in [4.78, 5) is 72.4. The minimum atomic E-state index is -0.858. The fourth-order valence-corrected chi connectivity index (χ4v) is 10.5. The predicted molar refractivity (Wildman–Crippen MR) is 271 cm³/mol. The van der Waals surface area contributed by atoms with Crippen molar-refractivity contribution in [1.29, 1.82) is 0 Å². The second-order valence-electron chi connectivity index (χ2n) is 20.8. The van der Waals surface area contributed by atoms with E-state index < -0.39 is 23.6 Å². The molecule has 2 saturated carbocycles. The quantitative estimate of drug-likeness (QED) is 0.0452. The van der Waals surface area contributed by atoms with Crippen molar-refractivity contribution in [1.82, 2.24) is 40.7 Å². The number of nitrogens with one attached hydrogen (secondary N) is 5. The molecule has 0 spiro atoms. The molecule has 1 saturated heterocycles. The number of aryl methyl sites for hydroxylation is 1. The number of fused-ring (bicyclic) bond motifs is 1. The van der Waals surface area contributed by atoms with Crippen LogP contribution in [0.15, 0.2) is 54.2 Å². The summed E-state index contributed by atoms with van der Waals surface area (Å²) in [5.41, 5.74) is 8.94. The third kappa shape index (κ3) is 13.1. The molecule has 4 heterocycles. The van der Waals surface area contributed by atoms with Crippen LogP contribution in [0.3, 0.4) is 0 Å². The molecule has 0 bridgehead atoms. The number of aliphatic hydroxyl groups is 1. The number of thiazole rings is 1. The molecule has 4 atom stereocenters. The van der Waals surface area contributed by atoms with Gasteiger partial charge >= 0.3 is 0 Å². The number of unbranched alkanes of at least 4 members (excludes halogenated alkanes) is 2. The highest BCUT2D eigenvalue weighted by atomic mass is 32.1. The highest BCUT2D eigenvalue weighted by Crippen LogP contribution is 2.43. The first kappa shape index (κ1) is 50.0. The van der Waals surface area contributed by atoms with Crippen molar-refractivity contribution in [3.63, 3.8) is 0 Å². The van der Waals surface area contributed by atoms with E-state index >= 15 is 0 Å². The van der Waals surface area contributed by atoms with E-state index in [1.54, 1.807) is 11.3 Å². The Kier molecular flexibility index (Phi) is 16.3. The molecular formula is C53H72N10O5S. The Morgan fingerprint density at radius 2 is 1.71 bits per heavy atom. The number of carbonyl (C=O) groups is 4. The van der Waals surface area contributed by atoms with Crippen molar-refractivity contribution >= 4 is 52.4 Å². The van der Waals surface area contributed by atoms with Crippen LogP contribution in [0.2, 0.25) is 0 Å². The summed E-state index contributed by atoms with van der Waals surface area (Å²) in [5.74, 6) is 1.48. The van der Waals surface area contributed by atoms with Crippen LogP contribution in [0.1, 0.15) is 138 Å². The number of anilines is 3. The standard InChI is InChI=1S/C53H72N10O5S/c1-33(35-14-18-37(19-15-35)46-34(2)57-32-69-46)58-50(67)44-28-42(64)31-63(44)51(68)47(53(3,4)5)60-45(65)13-7-6-8-25-62-26-22-39-27-41(21-20-40(39)30-62)59-52-56-29-43(36-16-17-36)48(61-52)54-23-10-24-55-49(66)38-11-9-12-38/h14-15,18-21,27,29,32-33,36,38,42,44,47,64H,6-13,16-17,22-26,28,30-31H2,1-5H3,(H,55,66)(H,58,67)(H,60,65)(H2,54,56,59,61)/t33-,42+,44-,47+/m0/s1. The van der Waals surface area contributed by atoms with Gasteiger partial charge < -0.3 is 36.6 Å². The highest BCUT2D eigenvalue weighted by Gasteiger charge is 2.44. The average molecular weight is 961 g/mol. The van der Waals surface area contributed by atoms with Gasteiger partial charge in [0.15, 0.2) is 0 Å². The van der Waals surface area contributed by atoms with E-state index in [0.29, 0.717) is 31.3 Å². The molecule has 8 rings (SSSR count). The zero-order valence-electron chi connectivity index (χ0n) is 41.1. The summed E-state index contributed by atoms with van der Waals surface area (Å²) in [7, 11) is 0. The van der Waals surface area contributed by atoms with Gasteiger partial charge in [0.25, 0.3) is 0 Å². The number of benzene rings is 2. The third-order valence-electron chi connectivity index (χ3n) is 14.2. The van der Waals surface area contributed by atoms with Gasteiger partial charge in [-0.25, -0.2) is 9.97 Å². The van der Waals surface area contributed by atoms with E-state index in [-0.39, 0.29) is 48.6 Å². The summed E-state index contributed by atoms with van der Waals surface area (Å²) in [6.07, 6.45) is 11.4. The van der Waals surface area contributed by atoms with Crippen LogP contribution >= 0.6 is 11.3 Å². The maximum atomic E-state index is 14.2. The summed E-state index contributed by atoms with van der Waals surface area (Å²) in [6, 6.07) is 12.5. The molecule has 16 heteroatoms. The predicted octanol–water partition coefficient (Wildman–Crippen LogP) is 7.54. The normalized spacial score (nSPS) is 19.2. The van der Waals surface area contributed by atoms with Crippen LogP contribution in [0.5, 0.6) is 0 Å². The van der Waals surface area contributed by atoms with Crippen molar-refractivity contribution in [2.45, 2.75) is 148 Å².